The number of nitrogens with one attached hydrogen (secondary N) is 1. The summed E-state index contributed by atoms with van der Waals surface area (Å²) in [6, 6.07) is -1.23. The van der Waals surface area contributed by atoms with Gasteiger partial charge in [0.1, 0.15) is 0 Å². The molecule has 2 bridgehead atoms. The van der Waals surface area contributed by atoms with Gasteiger partial charge in [0.05, 0.1) is 19.1 Å². The first-order valence-corrected chi connectivity index (χ1v) is 4.26. The molecule has 74 valence electrons. The number of methoxy groups -OCH3 is 1. The molecule has 2 saturated heterocycles. The number of hydrogen-bond donors (Lipinski definition) is 1. The van der Waals surface area contributed by atoms with Crippen LogP contribution in [0.25, 0.3) is 0 Å². The Morgan fingerprint density at radius 2 is 2.31 bits per heavy atom. The summed E-state index contributed by atoms with van der Waals surface area (Å²) >= 11 is 0. The van der Waals surface area contributed by atoms with Crippen LogP contribution in [0, 0.1) is 5.92 Å². The fourth-order valence-electron chi connectivity index (χ4n) is 2.20. The van der Waals surface area contributed by atoms with Crippen LogP contribution in [0.3, 0.4) is 0 Å². The summed E-state index contributed by atoms with van der Waals surface area (Å²) in [5.41, 5.74) is 0. The molecule has 2 rings (SSSR count). The van der Waals surface area contributed by atoms with Crippen molar-refractivity contribution < 1.29 is 18.3 Å². The minimum atomic E-state index is -2.64. The van der Waals surface area contributed by atoms with Gasteiger partial charge in [0, 0.05) is 12.5 Å². The summed E-state index contributed by atoms with van der Waals surface area (Å²) in [7, 11) is 1.28. The van der Waals surface area contributed by atoms with Gasteiger partial charge < -0.3 is 10.1 Å². The maximum Gasteiger partial charge on any atom is 0.310 e. The average Bonchev–Trinajstić information content (AvgIpc) is 2.57. The Balaban J connectivity index is 2.07. The summed E-state index contributed by atoms with van der Waals surface area (Å²) < 4.78 is 30.5. The average molecular weight is 191 g/mol. The highest BCUT2D eigenvalue weighted by Crippen LogP contribution is 2.43. The number of alkyl halides is 2. The van der Waals surface area contributed by atoms with E-state index in [0.717, 1.165) is 0 Å². The summed E-state index contributed by atoms with van der Waals surface area (Å²) in [5.74, 6) is -3.40. The number of carbonyl (C=O) groups is 1. The number of fused-ring (bicyclic) bond motifs is 2. The standard InChI is InChI=1S/C8H11F2NO2/c1-13-7(12)4-2-6-8(9,10)3-5(4)11-6/h4-6,11H,2-3H2,1H3. The zero-order valence-electron chi connectivity index (χ0n) is 7.22. The molecule has 0 radical (unpaired) electrons. The molecule has 1 N–H and O–H groups in total. The van der Waals surface area contributed by atoms with Crippen LogP contribution in [0.5, 0.6) is 0 Å². The maximum absolute atomic E-state index is 13.0. The predicted molar refractivity (Wildman–Crippen MR) is 40.4 cm³/mol. The van der Waals surface area contributed by atoms with E-state index >= 15 is 0 Å². The summed E-state index contributed by atoms with van der Waals surface area (Å²) in [6.07, 6.45) is -0.0399. The van der Waals surface area contributed by atoms with Crippen LogP contribution in [0.1, 0.15) is 12.8 Å². The molecular formula is C8H11F2NO2. The van der Waals surface area contributed by atoms with Gasteiger partial charge >= 0.3 is 5.97 Å². The van der Waals surface area contributed by atoms with Gasteiger partial charge in [-0.25, -0.2) is 8.78 Å². The zero-order valence-corrected chi connectivity index (χ0v) is 7.22. The third kappa shape index (κ3) is 1.22. The Hall–Kier alpha value is -0.710. The lowest BCUT2D eigenvalue weighted by Crippen LogP contribution is -2.36. The van der Waals surface area contributed by atoms with Crippen LogP contribution < -0.4 is 5.32 Å². The molecule has 2 aliphatic rings. The number of halogens is 2. The fraction of sp³-hybridized carbons (Fsp3) is 0.875. The van der Waals surface area contributed by atoms with Gasteiger partial charge in [0.25, 0.3) is 5.92 Å². The summed E-state index contributed by atoms with van der Waals surface area (Å²) in [5, 5.41) is 2.73. The molecule has 3 nitrogen and oxygen atoms in total. The van der Waals surface area contributed by atoms with Gasteiger partial charge in [-0.05, 0) is 6.42 Å². The molecule has 0 aliphatic carbocycles. The van der Waals surface area contributed by atoms with E-state index in [9.17, 15) is 13.6 Å². The number of ether oxygens (including phenoxy) is 1. The summed E-state index contributed by atoms with van der Waals surface area (Å²) in [6.45, 7) is 0. The fourth-order valence-corrected chi connectivity index (χ4v) is 2.20. The summed E-state index contributed by atoms with van der Waals surface area (Å²) in [4.78, 5) is 11.1. The molecule has 3 unspecified atom stereocenters. The van der Waals surface area contributed by atoms with E-state index < -0.39 is 18.0 Å². The molecule has 0 aromatic rings. The van der Waals surface area contributed by atoms with E-state index in [1.807, 2.05) is 0 Å². The predicted octanol–water partition coefficient (Wildman–Crippen LogP) is 0.545. The lowest BCUT2D eigenvalue weighted by Gasteiger charge is -2.23. The second-order valence-electron chi connectivity index (χ2n) is 3.66. The van der Waals surface area contributed by atoms with Crippen LogP contribution in [-0.2, 0) is 9.53 Å². The third-order valence-corrected chi connectivity index (χ3v) is 2.90. The molecule has 2 heterocycles. The van der Waals surface area contributed by atoms with Crippen molar-refractivity contribution in [1.29, 1.82) is 0 Å². The number of esters is 1. The molecule has 2 fully saturated rings. The van der Waals surface area contributed by atoms with Gasteiger partial charge in [0.15, 0.2) is 0 Å². The Morgan fingerprint density at radius 3 is 2.69 bits per heavy atom. The Morgan fingerprint density at radius 1 is 1.62 bits per heavy atom. The highest BCUT2D eigenvalue weighted by atomic mass is 19.3. The first kappa shape index (κ1) is 8.87. The number of rotatable bonds is 1. The van der Waals surface area contributed by atoms with Crippen molar-refractivity contribution in [2.24, 2.45) is 5.92 Å². The van der Waals surface area contributed by atoms with Crippen LogP contribution in [0.15, 0.2) is 0 Å². The zero-order chi connectivity index (χ0) is 9.64. The van der Waals surface area contributed by atoms with Crippen molar-refractivity contribution in [3.63, 3.8) is 0 Å². The molecule has 0 spiro atoms. The molecule has 5 heteroatoms. The Labute approximate surface area is 74.4 Å². The quantitative estimate of drug-likeness (QED) is 0.615. The highest BCUT2D eigenvalue weighted by Gasteiger charge is 2.58. The molecule has 2 aliphatic heterocycles. The van der Waals surface area contributed by atoms with Crippen molar-refractivity contribution in [3.8, 4) is 0 Å². The van der Waals surface area contributed by atoms with Crippen LogP contribution >= 0.6 is 0 Å². The smallest absolute Gasteiger partial charge is 0.310 e. The number of hydrogen-bond acceptors (Lipinski definition) is 3. The van der Waals surface area contributed by atoms with E-state index in [-0.39, 0.29) is 24.7 Å². The maximum atomic E-state index is 13.0. The Kier molecular flexibility index (Phi) is 1.80. The topological polar surface area (TPSA) is 38.3 Å². The minimum Gasteiger partial charge on any atom is -0.469 e. The van der Waals surface area contributed by atoms with Crippen molar-refractivity contribution >= 4 is 5.97 Å². The Bertz CT molecular complexity index is 244. The van der Waals surface area contributed by atoms with Crippen LogP contribution in [-0.4, -0.2) is 31.1 Å². The van der Waals surface area contributed by atoms with E-state index in [1.54, 1.807) is 0 Å². The van der Waals surface area contributed by atoms with E-state index in [2.05, 4.69) is 10.1 Å². The SMILES string of the molecule is COC(=O)C1CC2NC1CC2(F)F. The van der Waals surface area contributed by atoms with Gasteiger partial charge in [-0.15, -0.1) is 0 Å². The van der Waals surface area contributed by atoms with E-state index in [0.29, 0.717) is 0 Å². The molecule has 0 saturated carbocycles. The molecular weight excluding hydrogens is 180 g/mol. The molecule has 0 aromatic carbocycles. The van der Waals surface area contributed by atoms with E-state index in [1.165, 1.54) is 7.11 Å². The van der Waals surface area contributed by atoms with Crippen molar-refractivity contribution in [2.45, 2.75) is 30.8 Å². The lowest BCUT2D eigenvalue weighted by molar-refractivity contribution is -0.147. The monoisotopic (exact) mass is 191 g/mol. The van der Waals surface area contributed by atoms with Crippen LogP contribution in [0.2, 0.25) is 0 Å². The molecule has 0 amide bonds. The van der Waals surface area contributed by atoms with E-state index in [4.69, 9.17) is 0 Å². The largest absolute Gasteiger partial charge is 0.469 e. The first-order chi connectivity index (χ1) is 6.04. The highest BCUT2D eigenvalue weighted by molar-refractivity contribution is 5.74. The second-order valence-corrected chi connectivity index (χ2v) is 3.66. The van der Waals surface area contributed by atoms with Gasteiger partial charge in [-0.1, -0.05) is 0 Å². The van der Waals surface area contributed by atoms with Gasteiger partial charge in [-0.2, -0.15) is 0 Å². The molecule has 0 aromatic heterocycles. The van der Waals surface area contributed by atoms with Crippen molar-refractivity contribution in [2.75, 3.05) is 7.11 Å². The van der Waals surface area contributed by atoms with Gasteiger partial charge in [0.2, 0.25) is 0 Å². The lowest BCUT2D eigenvalue weighted by atomic mass is 9.87. The van der Waals surface area contributed by atoms with Crippen molar-refractivity contribution in [1.82, 2.24) is 5.32 Å². The molecule has 3 atom stereocenters. The van der Waals surface area contributed by atoms with Gasteiger partial charge in [-0.3, -0.25) is 4.79 Å². The van der Waals surface area contributed by atoms with Crippen LogP contribution in [0.4, 0.5) is 8.78 Å². The first-order valence-electron chi connectivity index (χ1n) is 4.26. The normalized spacial score (nSPS) is 40.7. The third-order valence-electron chi connectivity index (χ3n) is 2.90. The minimum absolute atomic E-state index is 0.199. The number of carbonyl (C=O) groups excluding carboxylic acids is 1. The second kappa shape index (κ2) is 2.64. The molecule has 13 heavy (non-hydrogen) atoms. The van der Waals surface area contributed by atoms with Crippen molar-refractivity contribution in [3.05, 3.63) is 0 Å².